The Morgan fingerprint density at radius 3 is 2.40 bits per heavy atom. The molecular weight excluding hydrogens is 358 g/mol. The molecule has 0 heterocycles. The molecule has 1 N–H and O–H groups in total. The van der Waals surface area contributed by atoms with Crippen LogP contribution in [0.4, 0.5) is 19.3 Å². The number of rotatable bonds is 4. The van der Waals surface area contributed by atoms with Crippen LogP contribution in [0.15, 0.2) is 12.1 Å². The average Bonchev–Trinajstić information content (AvgIpc) is 2.47. The molecule has 1 rings (SSSR count). The zero-order valence-corrected chi connectivity index (χ0v) is 14.8. The molecule has 0 spiro atoms. The van der Waals surface area contributed by atoms with Crippen molar-refractivity contribution in [2.24, 2.45) is 0 Å². The average molecular weight is 375 g/mol. The van der Waals surface area contributed by atoms with E-state index in [0.29, 0.717) is 0 Å². The summed E-state index contributed by atoms with van der Waals surface area (Å²) in [6, 6.07) is 3.52. The molecule has 0 saturated carbocycles. The molecule has 0 saturated heterocycles. The Balaban J connectivity index is 3.32. The van der Waals surface area contributed by atoms with E-state index in [1.54, 1.807) is 26.8 Å². The molecule has 0 bridgehead atoms. The molecule has 6 nitrogen and oxygen atoms in total. The number of esters is 1. The lowest BCUT2D eigenvalue weighted by Gasteiger charge is -2.21. The number of alkyl halides is 2. The van der Waals surface area contributed by atoms with Gasteiger partial charge in [-0.05, 0) is 39.8 Å². The molecule has 1 aromatic rings. The van der Waals surface area contributed by atoms with Crippen molar-refractivity contribution in [1.29, 1.82) is 5.26 Å². The number of anilines is 1. The minimum atomic E-state index is -4.09. The zero-order valence-electron chi connectivity index (χ0n) is 14.1. The Hall–Kier alpha value is -2.40. The lowest BCUT2D eigenvalue weighted by molar-refractivity contribution is -0.173. The maximum atomic E-state index is 14.3. The molecule has 0 aliphatic carbocycles. The lowest BCUT2D eigenvalue weighted by Crippen LogP contribution is -2.30. The number of amides is 1. The van der Waals surface area contributed by atoms with Crippen molar-refractivity contribution in [3.05, 3.63) is 28.3 Å². The third kappa shape index (κ3) is 5.29. The smallest absolute Gasteiger partial charge is 0.412 e. The standard InChI is InChI=1S/C16H17ClF2N2O4/c1-5-24-13(22)16(18,19)10-6-9(8-20)7-11(12(10)17)21-14(23)25-15(2,3)4/h6-7H,5H2,1-4H3,(H,21,23). The van der Waals surface area contributed by atoms with E-state index in [1.807, 2.05) is 0 Å². The third-order valence-electron chi connectivity index (χ3n) is 2.71. The van der Waals surface area contributed by atoms with Gasteiger partial charge in [-0.1, -0.05) is 11.6 Å². The van der Waals surface area contributed by atoms with Gasteiger partial charge in [0.15, 0.2) is 0 Å². The quantitative estimate of drug-likeness (QED) is 0.797. The van der Waals surface area contributed by atoms with Crippen LogP contribution in [0.25, 0.3) is 0 Å². The predicted molar refractivity (Wildman–Crippen MR) is 86.6 cm³/mol. The lowest BCUT2D eigenvalue weighted by atomic mass is 10.0. The van der Waals surface area contributed by atoms with Gasteiger partial charge in [0, 0.05) is 0 Å². The highest BCUT2D eigenvalue weighted by atomic mass is 35.5. The largest absolute Gasteiger partial charge is 0.461 e. The molecule has 1 amide bonds. The number of hydrogen-bond donors (Lipinski definition) is 1. The summed E-state index contributed by atoms with van der Waals surface area (Å²) in [5.74, 6) is -5.90. The Labute approximate surface area is 148 Å². The topological polar surface area (TPSA) is 88.4 Å². The maximum Gasteiger partial charge on any atom is 0.412 e. The van der Waals surface area contributed by atoms with Crippen LogP contribution >= 0.6 is 11.6 Å². The number of nitriles is 1. The molecule has 0 atom stereocenters. The number of ether oxygens (including phenoxy) is 2. The molecule has 0 fully saturated rings. The molecule has 136 valence electrons. The van der Waals surface area contributed by atoms with Gasteiger partial charge in [-0.3, -0.25) is 5.32 Å². The van der Waals surface area contributed by atoms with Gasteiger partial charge in [-0.15, -0.1) is 0 Å². The molecular formula is C16H17ClF2N2O4. The van der Waals surface area contributed by atoms with Crippen molar-refractivity contribution in [2.75, 3.05) is 11.9 Å². The number of halogens is 3. The monoisotopic (exact) mass is 374 g/mol. The fourth-order valence-corrected chi connectivity index (χ4v) is 2.03. The summed E-state index contributed by atoms with van der Waals surface area (Å²) < 4.78 is 37.9. The highest BCUT2D eigenvalue weighted by molar-refractivity contribution is 6.34. The summed E-state index contributed by atoms with van der Waals surface area (Å²) in [4.78, 5) is 23.3. The summed E-state index contributed by atoms with van der Waals surface area (Å²) in [7, 11) is 0. The van der Waals surface area contributed by atoms with Crippen LogP contribution in [-0.4, -0.2) is 24.3 Å². The van der Waals surface area contributed by atoms with Crippen LogP contribution in [0.1, 0.15) is 38.8 Å². The van der Waals surface area contributed by atoms with Gasteiger partial charge >= 0.3 is 18.0 Å². The number of carbonyl (C=O) groups excluding carboxylic acids is 2. The van der Waals surface area contributed by atoms with Crippen LogP contribution < -0.4 is 5.32 Å². The van der Waals surface area contributed by atoms with Crippen molar-refractivity contribution < 1.29 is 27.8 Å². The molecule has 25 heavy (non-hydrogen) atoms. The van der Waals surface area contributed by atoms with Crippen LogP contribution in [0.5, 0.6) is 0 Å². The highest BCUT2D eigenvalue weighted by Gasteiger charge is 2.45. The third-order valence-corrected chi connectivity index (χ3v) is 3.11. The Morgan fingerprint density at radius 2 is 1.92 bits per heavy atom. The first-order chi connectivity index (χ1) is 11.4. The van der Waals surface area contributed by atoms with E-state index in [9.17, 15) is 18.4 Å². The van der Waals surface area contributed by atoms with Crippen LogP contribution in [0.3, 0.4) is 0 Å². The van der Waals surface area contributed by atoms with Gasteiger partial charge in [0.05, 0.1) is 34.5 Å². The second-order valence-electron chi connectivity index (χ2n) is 5.92. The van der Waals surface area contributed by atoms with E-state index in [4.69, 9.17) is 21.6 Å². The maximum absolute atomic E-state index is 14.3. The Bertz CT molecular complexity index is 724. The van der Waals surface area contributed by atoms with Gasteiger partial charge in [0.1, 0.15) is 5.60 Å². The van der Waals surface area contributed by atoms with Crippen molar-refractivity contribution in [2.45, 2.75) is 39.2 Å². The minimum absolute atomic E-state index is 0.227. The fourth-order valence-electron chi connectivity index (χ4n) is 1.75. The van der Waals surface area contributed by atoms with Crippen molar-refractivity contribution in [1.82, 2.24) is 0 Å². The summed E-state index contributed by atoms with van der Waals surface area (Å²) >= 11 is 5.91. The van der Waals surface area contributed by atoms with E-state index in [2.05, 4.69) is 10.1 Å². The van der Waals surface area contributed by atoms with E-state index in [1.165, 1.54) is 6.92 Å². The first kappa shape index (κ1) is 20.6. The fraction of sp³-hybridized carbons (Fsp3) is 0.438. The van der Waals surface area contributed by atoms with Gasteiger partial charge in [-0.25, -0.2) is 9.59 Å². The summed E-state index contributed by atoms with van der Waals surface area (Å²) in [5, 5.41) is 10.6. The van der Waals surface area contributed by atoms with Gasteiger partial charge in [0.25, 0.3) is 0 Å². The molecule has 9 heteroatoms. The number of carbonyl (C=O) groups is 2. The second-order valence-corrected chi connectivity index (χ2v) is 6.30. The zero-order chi connectivity index (χ0) is 19.4. The normalized spacial score (nSPS) is 11.4. The number of nitrogens with one attached hydrogen (secondary N) is 1. The molecule has 1 aromatic carbocycles. The number of nitrogens with zero attached hydrogens (tertiary/aromatic N) is 1. The van der Waals surface area contributed by atoms with Crippen LogP contribution in [-0.2, 0) is 20.2 Å². The predicted octanol–water partition coefficient (Wildman–Crippen LogP) is 4.21. The van der Waals surface area contributed by atoms with Gasteiger partial charge in [-0.2, -0.15) is 14.0 Å². The molecule has 0 radical (unpaired) electrons. The molecule has 0 aromatic heterocycles. The first-order valence-corrected chi connectivity index (χ1v) is 7.59. The van der Waals surface area contributed by atoms with E-state index in [0.717, 1.165) is 12.1 Å². The van der Waals surface area contributed by atoms with Crippen molar-refractivity contribution in [3.8, 4) is 6.07 Å². The minimum Gasteiger partial charge on any atom is -0.461 e. The van der Waals surface area contributed by atoms with E-state index < -0.39 is 34.2 Å². The van der Waals surface area contributed by atoms with Crippen LogP contribution in [0, 0.1) is 11.3 Å². The summed E-state index contributed by atoms with van der Waals surface area (Å²) in [5.41, 5.74) is -2.29. The Morgan fingerprint density at radius 1 is 1.32 bits per heavy atom. The molecule has 0 aliphatic rings. The molecule has 0 unspecified atom stereocenters. The summed E-state index contributed by atoms with van der Waals surface area (Å²) in [6.45, 7) is 5.95. The highest BCUT2D eigenvalue weighted by Crippen LogP contribution is 2.39. The summed E-state index contributed by atoms with van der Waals surface area (Å²) in [6.07, 6.45) is -0.949. The van der Waals surface area contributed by atoms with Gasteiger partial charge in [0.2, 0.25) is 0 Å². The Kier molecular flexibility index (Phi) is 6.32. The van der Waals surface area contributed by atoms with E-state index >= 15 is 0 Å². The number of hydrogen-bond acceptors (Lipinski definition) is 5. The van der Waals surface area contributed by atoms with Crippen molar-refractivity contribution in [3.63, 3.8) is 0 Å². The second kappa shape index (κ2) is 7.66. The first-order valence-electron chi connectivity index (χ1n) is 7.21. The van der Waals surface area contributed by atoms with Crippen molar-refractivity contribution >= 4 is 29.4 Å². The van der Waals surface area contributed by atoms with Gasteiger partial charge < -0.3 is 9.47 Å². The SMILES string of the molecule is CCOC(=O)C(F)(F)c1cc(C#N)cc(NC(=O)OC(C)(C)C)c1Cl. The molecule has 0 aliphatic heterocycles. The van der Waals surface area contributed by atoms with Crippen LogP contribution in [0.2, 0.25) is 5.02 Å². The number of benzene rings is 1. The van der Waals surface area contributed by atoms with E-state index in [-0.39, 0.29) is 17.9 Å².